The van der Waals surface area contributed by atoms with Gasteiger partial charge >= 0.3 is 0 Å². The molecule has 1 aromatic rings. The lowest BCUT2D eigenvalue weighted by molar-refractivity contribution is 0.614. The Balaban J connectivity index is 2.48. The molecule has 0 amide bonds. The van der Waals surface area contributed by atoms with Crippen LogP contribution in [-0.4, -0.2) is 11.8 Å². The molecule has 0 saturated heterocycles. The van der Waals surface area contributed by atoms with E-state index in [1.54, 1.807) is 0 Å². The van der Waals surface area contributed by atoms with Gasteiger partial charge < -0.3 is 5.32 Å². The third kappa shape index (κ3) is 5.49. The van der Waals surface area contributed by atoms with E-state index in [9.17, 15) is 0 Å². The zero-order chi connectivity index (χ0) is 12.5. The van der Waals surface area contributed by atoms with Crippen molar-refractivity contribution in [2.24, 2.45) is 0 Å². The van der Waals surface area contributed by atoms with Crippen molar-refractivity contribution < 1.29 is 0 Å². The summed E-state index contributed by atoms with van der Waals surface area (Å²) in [5, 5.41) is 3.63. The first-order valence-electron chi connectivity index (χ1n) is 6.76. The number of unbranched alkanes of at least 4 members (excludes halogenated alkanes) is 2. The van der Waals surface area contributed by atoms with Gasteiger partial charge in [0, 0.05) is 16.6 Å². The number of nitrogens with one attached hydrogen (secondary N) is 1. The predicted molar refractivity (Wildman–Crippen MR) is 80.1 cm³/mol. The Hall–Kier alpha value is -0.630. The molecule has 0 aliphatic heterocycles. The average molecular weight is 251 g/mol. The molecule has 0 fully saturated rings. The highest BCUT2D eigenvalue weighted by molar-refractivity contribution is 7.99. The normalized spacial score (nSPS) is 12.4. The van der Waals surface area contributed by atoms with Gasteiger partial charge in [0.25, 0.3) is 0 Å². The Morgan fingerprint density at radius 3 is 2.65 bits per heavy atom. The Morgan fingerprint density at radius 2 is 1.94 bits per heavy atom. The van der Waals surface area contributed by atoms with Crippen LogP contribution in [0.15, 0.2) is 29.2 Å². The van der Waals surface area contributed by atoms with Crippen LogP contribution in [0.2, 0.25) is 0 Å². The van der Waals surface area contributed by atoms with Crippen LogP contribution >= 0.6 is 11.8 Å². The lowest BCUT2D eigenvalue weighted by Crippen LogP contribution is -2.15. The lowest BCUT2D eigenvalue weighted by atomic mass is 10.1. The van der Waals surface area contributed by atoms with E-state index in [0.29, 0.717) is 6.04 Å². The first-order chi connectivity index (χ1) is 8.27. The highest BCUT2D eigenvalue weighted by atomic mass is 32.2. The zero-order valence-corrected chi connectivity index (χ0v) is 12.1. The topological polar surface area (TPSA) is 12.0 Å². The first kappa shape index (κ1) is 14.4. The second kappa shape index (κ2) is 8.46. The SMILES string of the molecule is CCCCCC(C)Nc1ccccc1SCC. The predicted octanol–water partition coefficient (Wildman–Crippen LogP) is 5.18. The molecule has 1 unspecified atom stereocenters. The van der Waals surface area contributed by atoms with Crippen LogP contribution in [0.4, 0.5) is 5.69 Å². The van der Waals surface area contributed by atoms with Crippen LogP contribution < -0.4 is 5.32 Å². The van der Waals surface area contributed by atoms with Crippen LogP contribution in [0.3, 0.4) is 0 Å². The van der Waals surface area contributed by atoms with E-state index in [0.717, 1.165) is 5.75 Å². The molecular formula is C15H25NS. The van der Waals surface area contributed by atoms with Crippen LogP contribution in [0.25, 0.3) is 0 Å². The van der Waals surface area contributed by atoms with E-state index >= 15 is 0 Å². The van der Waals surface area contributed by atoms with Crippen molar-refractivity contribution >= 4 is 17.4 Å². The molecule has 17 heavy (non-hydrogen) atoms. The van der Waals surface area contributed by atoms with Gasteiger partial charge in [-0.05, 0) is 31.2 Å². The molecule has 0 saturated carbocycles. The Bertz CT molecular complexity index is 312. The maximum Gasteiger partial charge on any atom is 0.0480 e. The van der Waals surface area contributed by atoms with Crippen molar-refractivity contribution in [2.45, 2.75) is 57.4 Å². The number of para-hydroxylation sites is 1. The van der Waals surface area contributed by atoms with Crippen molar-refractivity contribution in [1.82, 2.24) is 0 Å². The largest absolute Gasteiger partial charge is 0.382 e. The maximum atomic E-state index is 3.63. The summed E-state index contributed by atoms with van der Waals surface area (Å²) in [4.78, 5) is 1.37. The third-order valence-electron chi connectivity index (χ3n) is 2.83. The molecule has 0 aliphatic carbocycles. The van der Waals surface area contributed by atoms with Crippen molar-refractivity contribution in [3.8, 4) is 0 Å². The fourth-order valence-corrected chi connectivity index (χ4v) is 2.67. The Morgan fingerprint density at radius 1 is 1.18 bits per heavy atom. The molecule has 0 aromatic heterocycles. The molecule has 0 spiro atoms. The fraction of sp³-hybridized carbons (Fsp3) is 0.600. The van der Waals surface area contributed by atoms with Gasteiger partial charge in [-0.15, -0.1) is 11.8 Å². The van der Waals surface area contributed by atoms with E-state index in [1.807, 2.05) is 11.8 Å². The molecule has 2 heteroatoms. The van der Waals surface area contributed by atoms with Gasteiger partial charge in [0.2, 0.25) is 0 Å². The molecular weight excluding hydrogens is 226 g/mol. The van der Waals surface area contributed by atoms with E-state index in [-0.39, 0.29) is 0 Å². The Labute approximate surface area is 110 Å². The maximum absolute atomic E-state index is 3.63. The summed E-state index contributed by atoms with van der Waals surface area (Å²) in [5.41, 5.74) is 1.29. The van der Waals surface area contributed by atoms with Gasteiger partial charge in [0.15, 0.2) is 0 Å². The van der Waals surface area contributed by atoms with Gasteiger partial charge in [0.1, 0.15) is 0 Å². The molecule has 1 N–H and O–H groups in total. The quantitative estimate of drug-likeness (QED) is 0.504. The van der Waals surface area contributed by atoms with E-state index in [1.165, 1.54) is 36.3 Å². The summed E-state index contributed by atoms with van der Waals surface area (Å²) in [6, 6.07) is 9.19. The van der Waals surface area contributed by atoms with Crippen molar-refractivity contribution in [3.63, 3.8) is 0 Å². The summed E-state index contributed by atoms with van der Waals surface area (Å²) in [6.07, 6.45) is 5.24. The molecule has 1 rings (SSSR count). The summed E-state index contributed by atoms with van der Waals surface area (Å²) in [7, 11) is 0. The minimum Gasteiger partial charge on any atom is -0.382 e. The number of hydrogen-bond acceptors (Lipinski definition) is 2. The van der Waals surface area contributed by atoms with Gasteiger partial charge in [-0.2, -0.15) is 0 Å². The molecule has 0 bridgehead atoms. The molecule has 1 nitrogen and oxygen atoms in total. The molecule has 1 aromatic carbocycles. The van der Waals surface area contributed by atoms with Crippen molar-refractivity contribution in [1.29, 1.82) is 0 Å². The van der Waals surface area contributed by atoms with Gasteiger partial charge in [0.05, 0.1) is 0 Å². The third-order valence-corrected chi connectivity index (χ3v) is 3.79. The van der Waals surface area contributed by atoms with Crippen LogP contribution in [0.1, 0.15) is 46.5 Å². The molecule has 96 valence electrons. The van der Waals surface area contributed by atoms with Crippen LogP contribution in [0.5, 0.6) is 0 Å². The summed E-state index contributed by atoms with van der Waals surface area (Å²) in [5.74, 6) is 1.13. The van der Waals surface area contributed by atoms with E-state index in [4.69, 9.17) is 0 Å². The van der Waals surface area contributed by atoms with E-state index in [2.05, 4.69) is 50.4 Å². The summed E-state index contributed by atoms with van der Waals surface area (Å²) < 4.78 is 0. The number of thioether (sulfide) groups is 1. The highest BCUT2D eigenvalue weighted by Crippen LogP contribution is 2.27. The summed E-state index contributed by atoms with van der Waals surface area (Å²) in [6.45, 7) is 6.74. The average Bonchev–Trinajstić information content (AvgIpc) is 2.32. The van der Waals surface area contributed by atoms with Crippen LogP contribution in [0, 0.1) is 0 Å². The van der Waals surface area contributed by atoms with E-state index < -0.39 is 0 Å². The number of hydrogen-bond donors (Lipinski definition) is 1. The van der Waals surface area contributed by atoms with Crippen LogP contribution in [-0.2, 0) is 0 Å². The molecule has 0 radical (unpaired) electrons. The monoisotopic (exact) mass is 251 g/mol. The fourth-order valence-electron chi connectivity index (χ4n) is 1.91. The molecule has 1 atom stereocenters. The van der Waals surface area contributed by atoms with Crippen molar-refractivity contribution in [2.75, 3.05) is 11.1 Å². The number of benzene rings is 1. The Kier molecular flexibility index (Phi) is 7.18. The highest BCUT2D eigenvalue weighted by Gasteiger charge is 2.05. The summed E-state index contributed by atoms with van der Waals surface area (Å²) >= 11 is 1.91. The second-order valence-corrected chi connectivity index (χ2v) is 5.78. The lowest BCUT2D eigenvalue weighted by Gasteiger charge is -2.17. The molecule has 0 aliphatic rings. The molecule has 0 heterocycles. The minimum atomic E-state index is 0.570. The first-order valence-corrected chi connectivity index (χ1v) is 7.74. The number of anilines is 1. The minimum absolute atomic E-state index is 0.570. The van der Waals surface area contributed by atoms with Gasteiger partial charge in [-0.1, -0.05) is 45.2 Å². The smallest absolute Gasteiger partial charge is 0.0480 e. The van der Waals surface area contributed by atoms with Gasteiger partial charge in [-0.3, -0.25) is 0 Å². The van der Waals surface area contributed by atoms with Crippen molar-refractivity contribution in [3.05, 3.63) is 24.3 Å². The van der Waals surface area contributed by atoms with Gasteiger partial charge in [-0.25, -0.2) is 0 Å². The number of rotatable bonds is 8. The second-order valence-electron chi connectivity index (χ2n) is 4.47. The standard InChI is InChI=1S/C15H25NS/c1-4-6-7-10-13(3)16-14-11-8-9-12-15(14)17-5-2/h8-9,11-13,16H,4-7,10H2,1-3H3. The zero-order valence-electron chi connectivity index (χ0n) is 11.3.